The maximum atomic E-state index is 12.1. The Labute approximate surface area is 154 Å². The molecule has 0 unspecified atom stereocenters. The van der Waals surface area contributed by atoms with Crippen molar-refractivity contribution in [3.8, 4) is 0 Å². The van der Waals surface area contributed by atoms with Gasteiger partial charge in [0.1, 0.15) is 0 Å². The number of hydrogen-bond acceptors (Lipinski definition) is 3. The van der Waals surface area contributed by atoms with Gasteiger partial charge in [0.15, 0.2) is 5.17 Å². The van der Waals surface area contributed by atoms with Gasteiger partial charge in [-0.05, 0) is 67.4 Å². The monoisotopic (exact) mass is 400 g/mol. The number of carbonyl (C=O) groups excluding carboxylic acids is 1. The average Bonchev–Trinajstić information content (AvgIpc) is 2.86. The Balaban J connectivity index is 1.85. The molecule has 2 aromatic carbocycles. The number of amides is 1. The molecular formula is C19H17BrN2OS. The van der Waals surface area contributed by atoms with Gasteiger partial charge in [-0.15, -0.1) is 0 Å². The Hall–Kier alpha value is -1.85. The Kier molecular flexibility index (Phi) is 4.92. The lowest BCUT2D eigenvalue weighted by molar-refractivity contribution is -0.115. The van der Waals surface area contributed by atoms with Crippen LogP contribution in [-0.4, -0.2) is 11.1 Å². The van der Waals surface area contributed by atoms with Crippen molar-refractivity contribution in [2.45, 2.75) is 20.8 Å². The molecule has 0 spiro atoms. The maximum Gasteiger partial charge on any atom is 0.264 e. The van der Waals surface area contributed by atoms with Crippen molar-refractivity contribution in [3.05, 3.63) is 68.0 Å². The number of hydrogen-bond donors (Lipinski definition) is 1. The van der Waals surface area contributed by atoms with Gasteiger partial charge in [0, 0.05) is 4.47 Å². The number of benzene rings is 2. The third-order valence-electron chi connectivity index (χ3n) is 3.68. The average molecular weight is 401 g/mol. The van der Waals surface area contributed by atoms with Crippen LogP contribution in [0.4, 0.5) is 5.69 Å². The predicted octanol–water partition coefficient (Wildman–Crippen LogP) is 5.27. The molecule has 0 bridgehead atoms. The third-order valence-corrected chi connectivity index (χ3v) is 5.84. The van der Waals surface area contributed by atoms with Crippen molar-refractivity contribution in [1.82, 2.24) is 5.32 Å². The van der Waals surface area contributed by atoms with Crippen molar-refractivity contribution in [3.63, 3.8) is 0 Å². The van der Waals surface area contributed by atoms with Gasteiger partial charge in [-0.2, -0.15) is 0 Å². The Morgan fingerprint density at radius 1 is 1.08 bits per heavy atom. The van der Waals surface area contributed by atoms with Crippen molar-refractivity contribution >= 4 is 50.5 Å². The van der Waals surface area contributed by atoms with E-state index in [9.17, 15) is 4.79 Å². The van der Waals surface area contributed by atoms with E-state index in [1.165, 1.54) is 17.3 Å². The van der Waals surface area contributed by atoms with Crippen molar-refractivity contribution in [1.29, 1.82) is 0 Å². The normalized spacial score (nSPS) is 17.6. The first-order valence-electron chi connectivity index (χ1n) is 7.55. The fourth-order valence-corrected chi connectivity index (χ4v) is 3.47. The second kappa shape index (κ2) is 6.95. The lowest BCUT2D eigenvalue weighted by Gasteiger charge is -2.04. The van der Waals surface area contributed by atoms with Crippen LogP contribution in [0.3, 0.4) is 0 Å². The summed E-state index contributed by atoms with van der Waals surface area (Å²) in [7, 11) is 0. The second-order valence-electron chi connectivity index (χ2n) is 5.79. The van der Waals surface area contributed by atoms with Crippen LogP contribution in [0, 0.1) is 20.8 Å². The van der Waals surface area contributed by atoms with E-state index in [1.807, 2.05) is 63.2 Å². The molecule has 1 fully saturated rings. The van der Waals surface area contributed by atoms with E-state index in [2.05, 4.69) is 26.2 Å². The van der Waals surface area contributed by atoms with E-state index in [1.54, 1.807) is 0 Å². The van der Waals surface area contributed by atoms with E-state index in [0.717, 1.165) is 26.9 Å². The van der Waals surface area contributed by atoms with Gasteiger partial charge in [-0.3, -0.25) is 4.79 Å². The largest absolute Gasteiger partial charge is 0.300 e. The van der Waals surface area contributed by atoms with E-state index >= 15 is 0 Å². The standard InChI is InChI=1S/C19H17BrN2OS/c1-11-4-6-14(7-5-11)10-16-18(23)22-19(24-16)21-15-8-12(2)17(20)13(3)9-15/h4-10H,1-3H3,(H,21,22,23)/b16-10-. The number of halogens is 1. The van der Waals surface area contributed by atoms with E-state index < -0.39 is 0 Å². The molecule has 3 rings (SSSR count). The number of aliphatic imine (C=N–C) groups is 1. The zero-order valence-corrected chi connectivity index (χ0v) is 16.1. The van der Waals surface area contributed by atoms with Gasteiger partial charge in [0.05, 0.1) is 10.6 Å². The first-order valence-corrected chi connectivity index (χ1v) is 9.16. The van der Waals surface area contributed by atoms with Crippen LogP contribution < -0.4 is 5.32 Å². The van der Waals surface area contributed by atoms with Gasteiger partial charge >= 0.3 is 0 Å². The molecule has 0 atom stereocenters. The smallest absolute Gasteiger partial charge is 0.264 e. The Morgan fingerprint density at radius 3 is 2.33 bits per heavy atom. The highest BCUT2D eigenvalue weighted by atomic mass is 79.9. The third kappa shape index (κ3) is 3.79. The SMILES string of the molecule is Cc1ccc(/C=C2\SC(=Nc3cc(C)c(Br)c(C)c3)NC2=O)cc1. The number of rotatable bonds is 2. The summed E-state index contributed by atoms with van der Waals surface area (Å²) in [5.41, 5.74) is 5.30. The summed E-state index contributed by atoms with van der Waals surface area (Å²) >= 11 is 4.92. The zero-order valence-electron chi connectivity index (χ0n) is 13.7. The highest BCUT2D eigenvalue weighted by Gasteiger charge is 2.23. The van der Waals surface area contributed by atoms with Crippen molar-refractivity contribution in [2.75, 3.05) is 0 Å². The lowest BCUT2D eigenvalue weighted by atomic mass is 10.1. The van der Waals surface area contributed by atoms with Gasteiger partial charge in [0.25, 0.3) is 5.91 Å². The number of aryl methyl sites for hydroxylation is 3. The van der Waals surface area contributed by atoms with Gasteiger partial charge in [-0.1, -0.05) is 45.8 Å². The van der Waals surface area contributed by atoms with Gasteiger partial charge in [-0.25, -0.2) is 4.99 Å². The summed E-state index contributed by atoms with van der Waals surface area (Å²) in [6.45, 7) is 6.11. The molecule has 0 aliphatic carbocycles. The van der Waals surface area contributed by atoms with E-state index in [0.29, 0.717) is 10.1 Å². The summed E-state index contributed by atoms with van der Waals surface area (Å²) in [6.07, 6.45) is 1.89. The number of nitrogens with one attached hydrogen (secondary N) is 1. The van der Waals surface area contributed by atoms with E-state index in [-0.39, 0.29) is 5.91 Å². The van der Waals surface area contributed by atoms with E-state index in [4.69, 9.17) is 0 Å². The minimum atomic E-state index is -0.107. The van der Waals surface area contributed by atoms with Crippen LogP contribution in [-0.2, 0) is 4.79 Å². The van der Waals surface area contributed by atoms with Crippen molar-refractivity contribution < 1.29 is 4.79 Å². The second-order valence-corrected chi connectivity index (χ2v) is 7.61. The topological polar surface area (TPSA) is 41.5 Å². The van der Waals surface area contributed by atoms with Gasteiger partial charge in [0.2, 0.25) is 0 Å². The quantitative estimate of drug-likeness (QED) is 0.697. The molecule has 0 saturated carbocycles. The van der Waals surface area contributed by atoms with Gasteiger partial charge < -0.3 is 5.32 Å². The molecule has 122 valence electrons. The molecule has 5 heteroatoms. The number of amidine groups is 1. The fraction of sp³-hybridized carbons (Fsp3) is 0.158. The van der Waals surface area contributed by atoms with Crippen LogP contribution in [0.5, 0.6) is 0 Å². The molecule has 24 heavy (non-hydrogen) atoms. The molecule has 3 nitrogen and oxygen atoms in total. The van der Waals surface area contributed by atoms with Crippen LogP contribution in [0.25, 0.3) is 6.08 Å². The molecule has 0 aromatic heterocycles. The molecular weight excluding hydrogens is 384 g/mol. The molecule has 1 aliphatic heterocycles. The maximum absolute atomic E-state index is 12.1. The highest BCUT2D eigenvalue weighted by molar-refractivity contribution is 9.10. The summed E-state index contributed by atoms with van der Waals surface area (Å²) in [4.78, 5) is 17.4. The summed E-state index contributed by atoms with van der Waals surface area (Å²) < 4.78 is 1.09. The first-order chi connectivity index (χ1) is 11.4. The van der Waals surface area contributed by atoms with Crippen LogP contribution in [0.1, 0.15) is 22.3 Å². The number of nitrogens with zero attached hydrogens (tertiary/aromatic N) is 1. The van der Waals surface area contributed by atoms with Crippen LogP contribution in [0.2, 0.25) is 0 Å². The molecule has 1 aliphatic rings. The fourth-order valence-electron chi connectivity index (χ4n) is 2.40. The van der Waals surface area contributed by atoms with Crippen LogP contribution in [0.15, 0.2) is 50.8 Å². The summed E-state index contributed by atoms with van der Waals surface area (Å²) in [6, 6.07) is 12.1. The molecule has 1 N–H and O–H groups in total. The molecule has 0 radical (unpaired) electrons. The highest BCUT2D eigenvalue weighted by Crippen LogP contribution is 2.30. The zero-order chi connectivity index (χ0) is 17.3. The number of carbonyl (C=O) groups is 1. The summed E-state index contributed by atoms with van der Waals surface area (Å²) in [5.74, 6) is -0.107. The predicted molar refractivity (Wildman–Crippen MR) is 106 cm³/mol. The lowest BCUT2D eigenvalue weighted by Crippen LogP contribution is -2.19. The minimum Gasteiger partial charge on any atom is -0.300 e. The minimum absolute atomic E-state index is 0.107. The molecule has 1 saturated heterocycles. The van der Waals surface area contributed by atoms with Crippen LogP contribution >= 0.6 is 27.7 Å². The molecule has 2 aromatic rings. The first kappa shape index (κ1) is 17.0. The molecule has 1 amide bonds. The van der Waals surface area contributed by atoms with Crippen molar-refractivity contribution in [2.24, 2.45) is 4.99 Å². The summed E-state index contributed by atoms with van der Waals surface area (Å²) in [5, 5.41) is 3.44. The Morgan fingerprint density at radius 2 is 1.71 bits per heavy atom. The Bertz CT molecular complexity index is 846. The molecule has 1 heterocycles. The number of thioether (sulfide) groups is 1.